The highest BCUT2D eigenvalue weighted by atomic mass is 16.3. The van der Waals surface area contributed by atoms with Crippen LogP contribution in [-0.4, -0.2) is 28.1 Å². The van der Waals surface area contributed by atoms with Crippen molar-refractivity contribution >= 4 is 17.5 Å². The first-order valence-electron chi connectivity index (χ1n) is 7.89. The Labute approximate surface area is 144 Å². The van der Waals surface area contributed by atoms with Crippen molar-refractivity contribution in [1.29, 1.82) is 0 Å². The highest BCUT2D eigenvalue weighted by molar-refractivity contribution is 5.93. The summed E-state index contributed by atoms with van der Waals surface area (Å²) < 4.78 is 6.78. The lowest BCUT2D eigenvalue weighted by atomic mass is 10.1. The Kier molecular flexibility index (Phi) is 5.26. The highest BCUT2D eigenvalue weighted by Gasteiger charge is 2.10. The number of aromatic nitrogens is 2. The minimum atomic E-state index is -0.336. The van der Waals surface area contributed by atoms with E-state index in [-0.39, 0.29) is 30.5 Å². The zero-order valence-electron chi connectivity index (χ0n) is 13.5. The molecule has 0 unspecified atom stereocenters. The van der Waals surface area contributed by atoms with E-state index in [0.29, 0.717) is 6.54 Å². The molecule has 25 heavy (non-hydrogen) atoms. The van der Waals surface area contributed by atoms with E-state index in [1.54, 1.807) is 23.0 Å². The van der Waals surface area contributed by atoms with Gasteiger partial charge in [-0.25, -0.2) is 0 Å². The van der Waals surface area contributed by atoms with Gasteiger partial charge < -0.3 is 15.1 Å². The summed E-state index contributed by atoms with van der Waals surface area (Å²) >= 11 is 0. The molecule has 128 valence electrons. The number of nitrogens with zero attached hydrogens (tertiary/aromatic N) is 2. The number of carbonyl (C=O) groups excluding carboxylic acids is 2. The van der Waals surface area contributed by atoms with E-state index in [1.165, 1.54) is 6.26 Å². The predicted molar refractivity (Wildman–Crippen MR) is 92.1 cm³/mol. The predicted octanol–water partition coefficient (Wildman–Crippen LogP) is 2.28. The first-order valence-corrected chi connectivity index (χ1v) is 7.89. The number of furan rings is 1. The Balaban J connectivity index is 1.52. The monoisotopic (exact) mass is 338 g/mol. The van der Waals surface area contributed by atoms with Gasteiger partial charge in [0.2, 0.25) is 5.91 Å². The van der Waals surface area contributed by atoms with Gasteiger partial charge in [-0.1, -0.05) is 18.2 Å². The van der Waals surface area contributed by atoms with E-state index in [9.17, 15) is 9.59 Å². The molecule has 0 bridgehead atoms. The lowest BCUT2D eigenvalue weighted by Crippen LogP contribution is -2.27. The number of rotatable bonds is 7. The fourth-order valence-electron chi connectivity index (χ4n) is 2.35. The molecule has 7 heteroatoms. The molecule has 3 rings (SSSR count). The van der Waals surface area contributed by atoms with Gasteiger partial charge in [-0.3, -0.25) is 14.3 Å². The van der Waals surface area contributed by atoms with E-state index in [0.717, 1.165) is 11.3 Å². The van der Waals surface area contributed by atoms with Crippen molar-refractivity contribution in [3.63, 3.8) is 0 Å². The maximum absolute atomic E-state index is 12.1. The van der Waals surface area contributed by atoms with Gasteiger partial charge in [0.25, 0.3) is 5.91 Å². The fourth-order valence-corrected chi connectivity index (χ4v) is 2.35. The molecule has 3 aromatic rings. The summed E-state index contributed by atoms with van der Waals surface area (Å²) in [7, 11) is 0. The summed E-state index contributed by atoms with van der Waals surface area (Å²) in [6.07, 6.45) is 5.17. The number of amides is 2. The second kappa shape index (κ2) is 7.96. The molecule has 0 saturated carbocycles. The van der Waals surface area contributed by atoms with Crippen LogP contribution in [0.1, 0.15) is 22.5 Å². The Morgan fingerprint density at radius 3 is 2.76 bits per heavy atom. The van der Waals surface area contributed by atoms with Crippen molar-refractivity contribution in [2.75, 3.05) is 11.9 Å². The zero-order chi connectivity index (χ0) is 17.5. The van der Waals surface area contributed by atoms with Gasteiger partial charge in [0, 0.05) is 31.0 Å². The van der Waals surface area contributed by atoms with Gasteiger partial charge in [-0.2, -0.15) is 5.10 Å². The maximum Gasteiger partial charge on any atom is 0.286 e. The summed E-state index contributed by atoms with van der Waals surface area (Å²) in [6, 6.07) is 12.6. The van der Waals surface area contributed by atoms with Crippen LogP contribution < -0.4 is 10.6 Å². The van der Waals surface area contributed by atoms with Gasteiger partial charge >= 0.3 is 0 Å². The summed E-state index contributed by atoms with van der Waals surface area (Å²) in [5, 5.41) is 9.69. The Morgan fingerprint density at radius 1 is 1.12 bits per heavy atom. The van der Waals surface area contributed by atoms with Crippen molar-refractivity contribution in [2.45, 2.75) is 13.0 Å². The molecule has 7 nitrogen and oxygen atoms in total. The van der Waals surface area contributed by atoms with Crippen molar-refractivity contribution in [3.8, 4) is 0 Å². The Bertz CT molecular complexity index is 826. The van der Waals surface area contributed by atoms with Crippen LogP contribution in [0.2, 0.25) is 0 Å². The van der Waals surface area contributed by atoms with Crippen LogP contribution in [0.4, 0.5) is 5.69 Å². The second-order valence-electron chi connectivity index (χ2n) is 5.39. The molecule has 2 amide bonds. The topological polar surface area (TPSA) is 89.2 Å². The average molecular weight is 338 g/mol. The number of benzene rings is 1. The molecule has 0 radical (unpaired) electrons. The maximum atomic E-state index is 12.1. The van der Waals surface area contributed by atoms with Crippen LogP contribution in [0, 0.1) is 0 Å². The summed E-state index contributed by atoms with van der Waals surface area (Å²) in [4.78, 5) is 23.9. The van der Waals surface area contributed by atoms with Gasteiger partial charge in [0.05, 0.1) is 12.8 Å². The molecule has 2 aromatic heterocycles. The normalized spacial score (nSPS) is 10.4. The van der Waals surface area contributed by atoms with E-state index < -0.39 is 0 Å². The molecule has 2 heterocycles. The first kappa shape index (κ1) is 16.5. The van der Waals surface area contributed by atoms with Gasteiger partial charge in [0.1, 0.15) is 0 Å². The van der Waals surface area contributed by atoms with Crippen molar-refractivity contribution in [1.82, 2.24) is 15.1 Å². The third-order valence-electron chi connectivity index (χ3n) is 3.57. The summed E-state index contributed by atoms with van der Waals surface area (Å²) in [5.41, 5.74) is 1.69. The molecule has 1 aromatic carbocycles. The smallest absolute Gasteiger partial charge is 0.286 e. The van der Waals surface area contributed by atoms with E-state index in [4.69, 9.17) is 4.42 Å². The van der Waals surface area contributed by atoms with Crippen molar-refractivity contribution in [2.24, 2.45) is 0 Å². The van der Waals surface area contributed by atoms with Crippen LogP contribution in [0.25, 0.3) is 0 Å². The van der Waals surface area contributed by atoms with E-state index >= 15 is 0 Å². The standard InChI is InChI=1S/C18H18N4O3/c23-17(8-10-19-18(24)16-7-3-12-25-16)21-15-6-2-1-5-14(15)13-22-11-4-9-20-22/h1-7,9,11-12H,8,10,13H2,(H,19,24)(H,21,23). The average Bonchev–Trinajstić information content (AvgIpc) is 3.30. The molecule has 0 fully saturated rings. The van der Waals surface area contributed by atoms with E-state index in [1.807, 2.05) is 36.5 Å². The fraction of sp³-hybridized carbons (Fsp3) is 0.167. The van der Waals surface area contributed by atoms with Crippen molar-refractivity contribution in [3.05, 3.63) is 72.4 Å². The third-order valence-corrected chi connectivity index (χ3v) is 3.57. The third kappa shape index (κ3) is 4.57. The first-order chi connectivity index (χ1) is 12.2. The number of hydrogen-bond acceptors (Lipinski definition) is 4. The number of carbonyl (C=O) groups is 2. The largest absolute Gasteiger partial charge is 0.459 e. The number of hydrogen-bond donors (Lipinski definition) is 2. The minimum Gasteiger partial charge on any atom is -0.459 e. The van der Waals surface area contributed by atoms with Crippen LogP contribution in [0.5, 0.6) is 0 Å². The van der Waals surface area contributed by atoms with Crippen LogP contribution in [0.15, 0.2) is 65.5 Å². The highest BCUT2D eigenvalue weighted by Crippen LogP contribution is 2.16. The molecule has 0 spiro atoms. The molecule has 0 aliphatic carbocycles. The number of nitrogens with one attached hydrogen (secondary N) is 2. The Hall–Kier alpha value is -3.35. The van der Waals surface area contributed by atoms with Crippen LogP contribution in [-0.2, 0) is 11.3 Å². The molecular weight excluding hydrogens is 320 g/mol. The SMILES string of the molecule is O=C(CCNC(=O)c1ccco1)Nc1ccccc1Cn1cccn1. The number of anilines is 1. The minimum absolute atomic E-state index is 0.169. The van der Waals surface area contributed by atoms with Gasteiger partial charge in [0.15, 0.2) is 5.76 Å². The van der Waals surface area contributed by atoms with E-state index in [2.05, 4.69) is 15.7 Å². The molecule has 2 N–H and O–H groups in total. The summed E-state index contributed by atoms with van der Waals surface area (Å²) in [5.74, 6) is -0.283. The van der Waals surface area contributed by atoms with Crippen LogP contribution >= 0.6 is 0 Å². The number of para-hydroxylation sites is 1. The van der Waals surface area contributed by atoms with Crippen molar-refractivity contribution < 1.29 is 14.0 Å². The quantitative estimate of drug-likeness (QED) is 0.692. The van der Waals surface area contributed by atoms with Gasteiger partial charge in [-0.05, 0) is 29.8 Å². The molecule has 0 aliphatic rings. The molecule has 0 atom stereocenters. The van der Waals surface area contributed by atoms with Crippen LogP contribution in [0.3, 0.4) is 0 Å². The Morgan fingerprint density at radius 2 is 2.00 bits per heavy atom. The summed E-state index contributed by atoms with van der Waals surface area (Å²) in [6.45, 7) is 0.797. The molecule has 0 aliphatic heterocycles. The lowest BCUT2D eigenvalue weighted by Gasteiger charge is -2.11. The lowest BCUT2D eigenvalue weighted by molar-refractivity contribution is -0.116. The van der Waals surface area contributed by atoms with Gasteiger partial charge in [-0.15, -0.1) is 0 Å². The molecule has 0 saturated heterocycles. The zero-order valence-corrected chi connectivity index (χ0v) is 13.5. The second-order valence-corrected chi connectivity index (χ2v) is 5.39. The molecular formula is C18H18N4O3.